The average molecular weight is 149 g/mol. The predicted molar refractivity (Wildman–Crippen MR) is 25.7 cm³/mol. The summed E-state index contributed by atoms with van der Waals surface area (Å²) in [5.41, 5.74) is 2.76. The molecule has 0 aromatic carbocycles. The van der Waals surface area contributed by atoms with Gasteiger partial charge in [0.1, 0.15) is 0 Å². The summed E-state index contributed by atoms with van der Waals surface area (Å²) in [5, 5.41) is 2.93. The van der Waals surface area contributed by atoms with Crippen LogP contribution < -0.4 is 0 Å². The summed E-state index contributed by atoms with van der Waals surface area (Å²) in [6.07, 6.45) is 0. The molecule has 1 aromatic rings. The van der Waals surface area contributed by atoms with Crippen LogP contribution in [0, 0.1) is 12.3 Å². The molecular weight excluding hydrogens is 145 g/mol. The van der Waals surface area contributed by atoms with Crippen LogP contribution in [0.5, 0.6) is 0 Å². The molecule has 37 valence electrons. The van der Waals surface area contributed by atoms with Gasteiger partial charge in [0.15, 0.2) is 0 Å². The first kappa shape index (κ1) is 7.21. The fourth-order valence-corrected chi connectivity index (χ4v) is 0.730. The van der Waals surface area contributed by atoms with Crippen molar-refractivity contribution >= 4 is 11.3 Å². The molecule has 0 fully saturated rings. The second-order valence-corrected chi connectivity index (χ2v) is 1.69. The van der Waals surface area contributed by atoms with E-state index in [1.165, 1.54) is 11.3 Å². The molecule has 0 aliphatic carbocycles. The Morgan fingerprint density at radius 3 is 2.71 bits per heavy atom. The summed E-state index contributed by atoms with van der Waals surface area (Å²) in [5.74, 6) is 0. The van der Waals surface area contributed by atoms with Gasteiger partial charge in [0.25, 0.3) is 0 Å². The number of rotatable bonds is 0. The molecule has 0 amide bonds. The van der Waals surface area contributed by atoms with Gasteiger partial charge in [0.2, 0.25) is 0 Å². The predicted octanol–water partition coefficient (Wildman–Crippen LogP) is 1.25. The second kappa shape index (κ2) is 3.25. The van der Waals surface area contributed by atoms with Crippen LogP contribution in [-0.2, 0) is 18.6 Å². The van der Waals surface area contributed by atoms with Gasteiger partial charge in [-0.1, -0.05) is 11.2 Å². The zero-order chi connectivity index (χ0) is 4.41. The normalized spacial score (nSPS) is 7.57. The van der Waals surface area contributed by atoms with Crippen LogP contribution in [0.4, 0.5) is 0 Å². The van der Waals surface area contributed by atoms with Crippen molar-refractivity contribution in [2.24, 2.45) is 0 Å². The maximum absolute atomic E-state index is 3.88. The summed E-state index contributed by atoms with van der Waals surface area (Å²) in [4.78, 5) is 3.88. The quantitative estimate of drug-likeness (QED) is 0.506. The molecular formula is C4H4NSV-. The molecule has 1 rings (SSSR count). The zero-order valence-electron chi connectivity index (χ0n) is 3.88. The minimum absolute atomic E-state index is 0. The number of thiazole rings is 1. The van der Waals surface area contributed by atoms with E-state index in [1.54, 1.807) is 5.51 Å². The standard InChI is InChI=1S/C4H4NS.V/c1-4-2-6-3-5-4;/h3H,1H3;/q-1;. The Kier molecular flexibility index (Phi) is 3.35. The number of aromatic nitrogens is 1. The topological polar surface area (TPSA) is 12.9 Å². The summed E-state index contributed by atoms with van der Waals surface area (Å²) < 4.78 is 0. The van der Waals surface area contributed by atoms with Gasteiger partial charge >= 0.3 is 0 Å². The molecule has 1 radical (unpaired) electrons. The van der Waals surface area contributed by atoms with E-state index < -0.39 is 0 Å². The SMILES string of the molecule is Cc1[c-]scn1.[V]. The molecule has 1 nitrogen and oxygen atoms in total. The van der Waals surface area contributed by atoms with Gasteiger partial charge in [-0.3, -0.25) is 0 Å². The van der Waals surface area contributed by atoms with Crippen LogP contribution in [0.2, 0.25) is 0 Å². The largest absolute Gasteiger partial charge is 0.364 e. The number of aryl methyl sites for hydroxylation is 1. The van der Waals surface area contributed by atoms with E-state index in [-0.39, 0.29) is 18.6 Å². The Labute approximate surface area is 58.7 Å². The van der Waals surface area contributed by atoms with Gasteiger partial charge in [-0.15, -0.1) is 0 Å². The monoisotopic (exact) mass is 149 g/mol. The minimum Gasteiger partial charge on any atom is -0.364 e. The van der Waals surface area contributed by atoms with E-state index in [4.69, 9.17) is 0 Å². The molecule has 0 bridgehead atoms. The first-order chi connectivity index (χ1) is 2.89. The Balaban J connectivity index is 0.000000360. The van der Waals surface area contributed by atoms with Crippen LogP contribution in [-0.4, -0.2) is 4.98 Å². The van der Waals surface area contributed by atoms with Crippen LogP contribution in [0.3, 0.4) is 0 Å². The summed E-state index contributed by atoms with van der Waals surface area (Å²) in [6, 6.07) is 0. The van der Waals surface area contributed by atoms with E-state index in [2.05, 4.69) is 10.4 Å². The maximum atomic E-state index is 3.88. The third kappa shape index (κ3) is 2.12. The Bertz CT molecular complexity index is 115. The fourth-order valence-electron chi connectivity index (χ4n) is 0.243. The van der Waals surface area contributed by atoms with Crippen molar-refractivity contribution in [1.82, 2.24) is 4.98 Å². The molecule has 0 aliphatic heterocycles. The van der Waals surface area contributed by atoms with Gasteiger partial charge < -0.3 is 16.3 Å². The molecule has 0 saturated carbocycles. The zero-order valence-corrected chi connectivity index (χ0v) is 6.09. The summed E-state index contributed by atoms with van der Waals surface area (Å²) in [6.45, 7) is 1.93. The molecule has 1 heterocycles. The minimum atomic E-state index is 0. The third-order valence-electron chi connectivity index (χ3n) is 0.506. The van der Waals surface area contributed by atoms with Crippen molar-refractivity contribution in [3.63, 3.8) is 0 Å². The van der Waals surface area contributed by atoms with Crippen molar-refractivity contribution in [1.29, 1.82) is 0 Å². The van der Waals surface area contributed by atoms with E-state index in [1.807, 2.05) is 6.92 Å². The number of hydrogen-bond donors (Lipinski definition) is 0. The Hall–Kier alpha value is 0.214. The van der Waals surface area contributed by atoms with E-state index in [9.17, 15) is 0 Å². The molecule has 0 aliphatic rings. The molecule has 0 N–H and O–H groups in total. The van der Waals surface area contributed by atoms with Crippen molar-refractivity contribution in [2.45, 2.75) is 6.92 Å². The summed E-state index contributed by atoms with van der Waals surface area (Å²) in [7, 11) is 0. The Morgan fingerprint density at radius 1 is 1.86 bits per heavy atom. The van der Waals surface area contributed by atoms with Gasteiger partial charge in [0.05, 0.1) is 0 Å². The maximum Gasteiger partial charge on any atom is 0 e. The Morgan fingerprint density at radius 2 is 2.57 bits per heavy atom. The number of hydrogen-bond acceptors (Lipinski definition) is 2. The van der Waals surface area contributed by atoms with Gasteiger partial charge in [-0.05, 0) is 6.92 Å². The van der Waals surface area contributed by atoms with Crippen molar-refractivity contribution in [2.75, 3.05) is 0 Å². The van der Waals surface area contributed by atoms with Crippen LogP contribution in [0.15, 0.2) is 5.51 Å². The van der Waals surface area contributed by atoms with E-state index in [0.717, 1.165) is 5.69 Å². The first-order valence-corrected chi connectivity index (χ1v) is 2.55. The molecule has 0 saturated heterocycles. The molecule has 0 atom stereocenters. The molecule has 3 heteroatoms. The van der Waals surface area contributed by atoms with E-state index >= 15 is 0 Å². The molecule has 0 unspecified atom stereocenters. The molecule has 0 spiro atoms. The number of nitrogens with zero attached hydrogens (tertiary/aromatic N) is 1. The average Bonchev–Trinajstić information content (AvgIpc) is 1.86. The van der Waals surface area contributed by atoms with Gasteiger partial charge in [-0.2, -0.15) is 5.38 Å². The van der Waals surface area contributed by atoms with Crippen LogP contribution in [0.25, 0.3) is 0 Å². The fraction of sp³-hybridized carbons (Fsp3) is 0.250. The van der Waals surface area contributed by atoms with E-state index in [0.29, 0.717) is 0 Å². The van der Waals surface area contributed by atoms with Gasteiger partial charge in [0, 0.05) is 18.6 Å². The summed E-state index contributed by atoms with van der Waals surface area (Å²) >= 11 is 1.50. The van der Waals surface area contributed by atoms with Crippen LogP contribution in [0.1, 0.15) is 5.69 Å². The van der Waals surface area contributed by atoms with Crippen molar-refractivity contribution in [3.8, 4) is 0 Å². The van der Waals surface area contributed by atoms with Crippen LogP contribution >= 0.6 is 11.3 Å². The smallest absolute Gasteiger partial charge is 0 e. The van der Waals surface area contributed by atoms with Crippen molar-refractivity contribution < 1.29 is 18.6 Å². The molecule has 1 aromatic heterocycles. The third-order valence-corrected chi connectivity index (χ3v) is 1.13. The molecule has 7 heavy (non-hydrogen) atoms. The van der Waals surface area contributed by atoms with Crippen molar-refractivity contribution in [3.05, 3.63) is 16.6 Å². The second-order valence-electron chi connectivity index (χ2n) is 1.04. The first-order valence-electron chi connectivity index (χ1n) is 1.67. The van der Waals surface area contributed by atoms with Gasteiger partial charge in [-0.25, -0.2) is 0 Å².